The Morgan fingerprint density at radius 3 is 2.35 bits per heavy atom. The van der Waals surface area contributed by atoms with Crippen LogP contribution in [0.25, 0.3) is 10.8 Å². The number of Topliss-reactive ketones (excluding diaryl/α,β-unsaturated/α-hetero) is 1. The van der Waals surface area contributed by atoms with Gasteiger partial charge in [0, 0.05) is 11.1 Å². The molecule has 0 spiro atoms. The number of rotatable bonds is 3. The molecule has 0 aromatic heterocycles. The van der Waals surface area contributed by atoms with E-state index in [0.717, 1.165) is 23.8 Å². The van der Waals surface area contributed by atoms with E-state index < -0.39 is 0 Å². The van der Waals surface area contributed by atoms with Gasteiger partial charge in [0.2, 0.25) is 5.78 Å². The molecule has 23 heavy (non-hydrogen) atoms. The fourth-order valence-corrected chi connectivity index (χ4v) is 3.43. The highest BCUT2D eigenvalue weighted by atomic mass is 16.1. The lowest BCUT2D eigenvalue weighted by Gasteiger charge is -2.10. The van der Waals surface area contributed by atoms with Crippen LogP contribution in [-0.2, 0) is 12.8 Å². The molecule has 0 fully saturated rings. The summed E-state index contributed by atoms with van der Waals surface area (Å²) >= 11 is 0. The Bertz CT molecular complexity index is 932. The lowest BCUT2D eigenvalue weighted by atomic mass is 9.94. The van der Waals surface area contributed by atoms with Gasteiger partial charge in [-0.25, -0.2) is 0 Å². The van der Waals surface area contributed by atoms with E-state index in [2.05, 4.69) is 17.2 Å². The number of carbonyl (C=O) groups excluding carboxylic acids is 1. The summed E-state index contributed by atoms with van der Waals surface area (Å²) in [5.41, 5.74) is 4.34. The molecular weight excluding hydrogens is 284 g/mol. The van der Waals surface area contributed by atoms with E-state index in [1.807, 2.05) is 48.5 Å². The van der Waals surface area contributed by atoms with Gasteiger partial charge >= 0.3 is 0 Å². The molecule has 0 atom stereocenters. The third kappa shape index (κ3) is 2.13. The summed E-state index contributed by atoms with van der Waals surface area (Å²) in [6, 6.07) is 19.5. The lowest BCUT2D eigenvalue weighted by Crippen LogP contribution is -2.18. The van der Waals surface area contributed by atoms with E-state index in [-0.39, 0.29) is 5.78 Å². The molecule has 3 nitrogen and oxygen atoms in total. The van der Waals surface area contributed by atoms with Crippen LogP contribution in [0.5, 0.6) is 0 Å². The first kappa shape index (κ1) is 13.7. The highest BCUT2D eigenvalue weighted by Crippen LogP contribution is 2.33. The molecular formula is C20H16N2O. The summed E-state index contributed by atoms with van der Waals surface area (Å²) in [5, 5.41) is 5.99. The minimum absolute atomic E-state index is 0.130. The Labute approximate surface area is 134 Å². The number of nitrogens with zero attached hydrogens (tertiary/aromatic N) is 1. The molecule has 1 aliphatic carbocycles. The molecule has 0 heterocycles. The maximum atomic E-state index is 13.0. The normalized spacial score (nSPS) is 13.5. The number of hydrogen-bond acceptors (Lipinski definition) is 3. The Morgan fingerprint density at radius 1 is 0.870 bits per heavy atom. The van der Waals surface area contributed by atoms with Gasteiger partial charge in [-0.05, 0) is 34.7 Å². The number of carbonyl (C=O) groups is 1. The van der Waals surface area contributed by atoms with Gasteiger partial charge in [-0.15, -0.1) is 0 Å². The summed E-state index contributed by atoms with van der Waals surface area (Å²) in [6.45, 7) is 0. The monoisotopic (exact) mass is 300 g/mol. The van der Waals surface area contributed by atoms with Crippen molar-refractivity contribution in [1.29, 1.82) is 0 Å². The summed E-state index contributed by atoms with van der Waals surface area (Å²) in [5.74, 6) is 5.40. The SMILES string of the molecule is NN=C(C(=O)c1ccc2c3c(cccc13)CC2)c1ccccc1. The van der Waals surface area contributed by atoms with E-state index in [1.165, 1.54) is 16.5 Å². The van der Waals surface area contributed by atoms with Gasteiger partial charge in [-0.3, -0.25) is 4.79 Å². The van der Waals surface area contributed by atoms with E-state index >= 15 is 0 Å². The van der Waals surface area contributed by atoms with Gasteiger partial charge in [0.25, 0.3) is 0 Å². The van der Waals surface area contributed by atoms with Crippen LogP contribution in [0.3, 0.4) is 0 Å². The van der Waals surface area contributed by atoms with Gasteiger partial charge in [0.1, 0.15) is 5.71 Å². The van der Waals surface area contributed by atoms with Crippen LogP contribution in [0.15, 0.2) is 65.8 Å². The standard InChI is InChI=1S/C20H16N2O/c21-22-19(15-5-2-1-3-6-15)20(23)17-12-11-14-10-9-13-7-4-8-16(17)18(13)14/h1-8,11-12H,9-10,21H2. The van der Waals surface area contributed by atoms with E-state index in [0.29, 0.717) is 11.3 Å². The van der Waals surface area contributed by atoms with Crippen molar-refractivity contribution in [2.45, 2.75) is 12.8 Å². The Balaban J connectivity index is 1.89. The zero-order valence-corrected chi connectivity index (χ0v) is 12.6. The molecule has 0 saturated carbocycles. The highest BCUT2D eigenvalue weighted by Gasteiger charge is 2.22. The zero-order chi connectivity index (χ0) is 15.8. The van der Waals surface area contributed by atoms with Gasteiger partial charge in [0.15, 0.2) is 0 Å². The van der Waals surface area contributed by atoms with Crippen molar-refractivity contribution in [3.05, 3.63) is 82.9 Å². The molecule has 0 saturated heterocycles. The van der Waals surface area contributed by atoms with Crippen molar-refractivity contribution in [1.82, 2.24) is 0 Å². The second-order valence-corrected chi connectivity index (χ2v) is 5.78. The number of aryl methyl sites for hydroxylation is 2. The van der Waals surface area contributed by atoms with Crippen molar-refractivity contribution in [3.63, 3.8) is 0 Å². The minimum Gasteiger partial charge on any atom is -0.323 e. The topological polar surface area (TPSA) is 55.4 Å². The average Bonchev–Trinajstić information content (AvgIpc) is 3.02. The van der Waals surface area contributed by atoms with Gasteiger partial charge in [-0.2, -0.15) is 5.10 Å². The van der Waals surface area contributed by atoms with Crippen LogP contribution in [-0.4, -0.2) is 11.5 Å². The fourth-order valence-electron chi connectivity index (χ4n) is 3.43. The van der Waals surface area contributed by atoms with E-state index in [9.17, 15) is 4.79 Å². The predicted molar refractivity (Wildman–Crippen MR) is 92.9 cm³/mol. The Kier molecular flexibility index (Phi) is 3.19. The molecule has 0 aliphatic heterocycles. The third-order valence-electron chi connectivity index (χ3n) is 4.51. The molecule has 0 radical (unpaired) electrons. The molecule has 0 bridgehead atoms. The first-order chi connectivity index (χ1) is 11.3. The zero-order valence-electron chi connectivity index (χ0n) is 12.6. The molecule has 0 unspecified atom stereocenters. The van der Waals surface area contributed by atoms with Crippen LogP contribution in [0.2, 0.25) is 0 Å². The van der Waals surface area contributed by atoms with E-state index in [4.69, 9.17) is 5.84 Å². The minimum atomic E-state index is -0.130. The van der Waals surface area contributed by atoms with Crippen LogP contribution in [0.4, 0.5) is 0 Å². The molecule has 4 rings (SSSR count). The second kappa shape index (κ2) is 5.36. The molecule has 3 heteroatoms. The van der Waals surface area contributed by atoms with Gasteiger partial charge in [-0.1, -0.05) is 60.7 Å². The molecule has 112 valence electrons. The third-order valence-corrected chi connectivity index (χ3v) is 4.51. The van der Waals surface area contributed by atoms with E-state index in [1.54, 1.807) is 0 Å². The fraction of sp³-hybridized carbons (Fsp3) is 0.100. The Hall–Kier alpha value is -2.94. The number of nitrogens with two attached hydrogens (primary N) is 1. The quantitative estimate of drug-likeness (QED) is 0.348. The number of hydrazone groups is 1. The van der Waals surface area contributed by atoms with Gasteiger partial charge in [0.05, 0.1) is 0 Å². The number of hydrogen-bond donors (Lipinski definition) is 1. The van der Waals surface area contributed by atoms with Gasteiger partial charge < -0.3 is 5.84 Å². The van der Waals surface area contributed by atoms with Crippen molar-refractivity contribution < 1.29 is 4.79 Å². The molecule has 0 amide bonds. The summed E-state index contributed by atoms with van der Waals surface area (Å²) < 4.78 is 0. The van der Waals surface area contributed by atoms with Crippen molar-refractivity contribution >= 4 is 22.3 Å². The maximum Gasteiger partial charge on any atom is 0.214 e. The molecule has 3 aromatic rings. The first-order valence-electron chi connectivity index (χ1n) is 7.71. The van der Waals surface area contributed by atoms with Crippen molar-refractivity contribution in [2.75, 3.05) is 0 Å². The number of ketones is 1. The highest BCUT2D eigenvalue weighted by molar-refractivity contribution is 6.52. The van der Waals surface area contributed by atoms with Crippen LogP contribution in [0.1, 0.15) is 27.0 Å². The van der Waals surface area contributed by atoms with Crippen LogP contribution >= 0.6 is 0 Å². The predicted octanol–water partition coefficient (Wildman–Crippen LogP) is 3.48. The lowest BCUT2D eigenvalue weighted by molar-refractivity contribution is 0.106. The van der Waals surface area contributed by atoms with Crippen molar-refractivity contribution in [2.24, 2.45) is 10.9 Å². The van der Waals surface area contributed by atoms with Crippen LogP contribution < -0.4 is 5.84 Å². The molecule has 3 aromatic carbocycles. The summed E-state index contributed by atoms with van der Waals surface area (Å²) in [4.78, 5) is 13.0. The molecule has 1 aliphatic rings. The average molecular weight is 300 g/mol. The van der Waals surface area contributed by atoms with Crippen LogP contribution in [0, 0.1) is 0 Å². The first-order valence-corrected chi connectivity index (χ1v) is 7.71. The largest absolute Gasteiger partial charge is 0.323 e. The second-order valence-electron chi connectivity index (χ2n) is 5.78. The molecule has 2 N–H and O–H groups in total. The smallest absolute Gasteiger partial charge is 0.214 e. The Morgan fingerprint density at radius 2 is 1.61 bits per heavy atom. The summed E-state index contributed by atoms with van der Waals surface area (Å²) in [6.07, 6.45) is 2.08. The number of benzene rings is 3. The maximum absolute atomic E-state index is 13.0. The summed E-state index contributed by atoms with van der Waals surface area (Å²) in [7, 11) is 0. The van der Waals surface area contributed by atoms with Crippen molar-refractivity contribution in [3.8, 4) is 0 Å².